The number of nitrogens with two attached hydrogens (primary N) is 1. The van der Waals surface area contributed by atoms with Gasteiger partial charge < -0.3 is 15.4 Å². The van der Waals surface area contributed by atoms with E-state index in [-0.39, 0.29) is 16.3 Å². The van der Waals surface area contributed by atoms with Gasteiger partial charge in [-0.2, -0.15) is 0 Å². The monoisotopic (exact) mass is 268 g/mol. The van der Waals surface area contributed by atoms with Crippen molar-refractivity contribution in [1.82, 2.24) is 0 Å². The zero-order chi connectivity index (χ0) is 13.3. The molecule has 0 aromatic heterocycles. The number of anilines is 1. The van der Waals surface area contributed by atoms with Gasteiger partial charge in [-0.15, -0.1) is 0 Å². The van der Waals surface area contributed by atoms with Crippen LogP contribution in [0.5, 0.6) is 0 Å². The summed E-state index contributed by atoms with van der Waals surface area (Å²) in [7, 11) is 0. The molecule has 1 aromatic rings. The minimum absolute atomic E-state index is 0.157. The fraction of sp³-hybridized carbons (Fsp3) is 0.462. The Balaban J connectivity index is 2.46. The van der Waals surface area contributed by atoms with E-state index in [1.807, 2.05) is 0 Å². The van der Waals surface area contributed by atoms with Crippen molar-refractivity contribution in [1.29, 1.82) is 0 Å². The minimum Gasteiger partial charge on any atom is -0.389 e. The highest BCUT2D eigenvalue weighted by Crippen LogP contribution is 2.30. The molecule has 0 atom stereocenters. The highest BCUT2D eigenvalue weighted by molar-refractivity contribution is 7.80. The standard InChI is InChI=1S/C13H17FN2OS/c1-13(2)8-17-6-5-16(13)11-4-3-9(14)7-10(11)12(15)18/h3-4,7H,5-6,8H2,1-2H3,(H2,15,18). The molecule has 1 fully saturated rings. The molecule has 0 unspecified atom stereocenters. The van der Waals surface area contributed by atoms with Crippen LogP contribution in [0.2, 0.25) is 0 Å². The minimum atomic E-state index is -0.326. The molecule has 0 spiro atoms. The first-order valence-corrected chi connectivity index (χ1v) is 6.27. The summed E-state index contributed by atoms with van der Waals surface area (Å²) in [6.07, 6.45) is 0. The topological polar surface area (TPSA) is 38.5 Å². The van der Waals surface area contributed by atoms with Gasteiger partial charge in [0.2, 0.25) is 0 Å². The number of morpholine rings is 1. The fourth-order valence-corrected chi connectivity index (χ4v) is 2.41. The summed E-state index contributed by atoms with van der Waals surface area (Å²) in [6.45, 7) is 6.19. The van der Waals surface area contributed by atoms with Crippen LogP contribution in [-0.4, -0.2) is 30.3 Å². The van der Waals surface area contributed by atoms with E-state index in [4.69, 9.17) is 22.7 Å². The molecule has 5 heteroatoms. The van der Waals surface area contributed by atoms with E-state index < -0.39 is 0 Å². The molecular formula is C13H17FN2OS. The van der Waals surface area contributed by atoms with Crippen LogP contribution in [0.25, 0.3) is 0 Å². The lowest BCUT2D eigenvalue weighted by Crippen LogP contribution is -2.53. The number of nitrogens with zero attached hydrogens (tertiary/aromatic N) is 1. The zero-order valence-corrected chi connectivity index (χ0v) is 11.4. The molecule has 1 aromatic carbocycles. The van der Waals surface area contributed by atoms with Crippen LogP contribution >= 0.6 is 12.2 Å². The smallest absolute Gasteiger partial charge is 0.124 e. The van der Waals surface area contributed by atoms with E-state index in [0.717, 1.165) is 12.2 Å². The molecule has 2 N–H and O–H groups in total. The van der Waals surface area contributed by atoms with Crippen LogP contribution in [-0.2, 0) is 4.74 Å². The second-order valence-corrected chi connectivity index (χ2v) is 5.48. The van der Waals surface area contributed by atoms with Crippen LogP contribution < -0.4 is 10.6 Å². The van der Waals surface area contributed by atoms with E-state index >= 15 is 0 Å². The molecule has 1 aliphatic rings. The predicted octanol–water partition coefficient (Wildman–Crippen LogP) is 2.08. The maximum absolute atomic E-state index is 13.3. The zero-order valence-electron chi connectivity index (χ0n) is 10.6. The predicted molar refractivity (Wildman–Crippen MR) is 74.5 cm³/mol. The molecule has 98 valence electrons. The maximum atomic E-state index is 13.3. The highest BCUT2D eigenvalue weighted by atomic mass is 32.1. The molecule has 1 saturated heterocycles. The number of halogens is 1. The van der Waals surface area contributed by atoms with Crippen LogP contribution in [0, 0.1) is 5.82 Å². The molecule has 2 rings (SSSR count). The lowest BCUT2D eigenvalue weighted by Gasteiger charge is -2.44. The van der Waals surface area contributed by atoms with E-state index in [1.54, 1.807) is 6.07 Å². The summed E-state index contributed by atoms with van der Waals surface area (Å²) in [5.74, 6) is -0.326. The van der Waals surface area contributed by atoms with Gasteiger partial charge in [-0.05, 0) is 32.0 Å². The average Bonchev–Trinajstić information content (AvgIpc) is 2.29. The quantitative estimate of drug-likeness (QED) is 0.833. The van der Waals surface area contributed by atoms with Crippen molar-refractivity contribution in [3.63, 3.8) is 0 Å². The first-order valence-electron chi connectivity index (χ1n) is 5.86. The van der Waals surface area contributed by atoms with Crippen LogP contribution in [0.4, 0.5) is 10.1 Å². The van der Waals surface area contributed by atoms with E-state index in [2.05, 4.69) is 18.7 Å². The number of benzene rings is 1. The number of hydrogen-bond donors (Lipinski definition) is 1. The van der Waals surface area contributed by atoms with Gasteiger partial charge in [0.05, 0.1) is 18.8 Å². The third-order valence-electron chi connectivity index (χ3n) is 3.16. The molecule has 0 amide bonds. The van der Waals surface area contributed by atoms with Crippen molar-refractivity contribution in [2.45, 2.75) is 19.4 Å². The van der Waals surface area contributed by atoms with Crippen LogP contribution in [0.15, 0.2) is 18.2 Å². The maximum Gasteiger partial charge on any atom is 0.124 e. The van der Waals surface area contributed by atoms with Crippen molar-refractivity contribution in [3.8, 4) is 0 Å². The van der Waals surface area contributed by atoms with E-state index in [9.17, 15) is 4.39 Å². The first kappa shape index (κ1) is 13.2. The Labute approximate surface area is 112 Å². The van der Waals surface area contributed by atoms with Crippen molar-refractivity contribution in [3.05, 3.63) is 29.6 Å². The van der Waals surface area contributed by atoms with E-state index in [0.29, 0.717) is 18.8 Å². The van der Waals surface area contributed by atoms with Crippen LogP contribution in [0.1, 0.15) is 19.4 Å². The molecule has 0 aliphatic carbocycles. The van der Waals surface area contributed by atoms with Crippen LogP contribution in [0.3, 0.4) is 0 Å². The van der Waals surface area contributed by atoms with Gasteiger partial charge in [-0.25, -0.2) is 4.39 Å². The largest absolute Gasteiger partial charge is 0.389 e. The Hall–Kier alpha value is -1.20. The van der Waals surface area contributed by atoms with Gasteiger partial charge in [0.1, 0.15) is 10.8 Å². The molecule has 0 saturated carbocycles. The van der Waals surface area contributed by atoms with Gasteiger partial charge in [0, 0.05) is 17.8 Å². The van der Waals surface area contributed by atoms with Gasteiger partial charge >= 0.3 is 0 Å². The Bertz CT molecular complexity index is 476. The van der Waals surface area contributed by atoms with Crippen molar-refractivity contribution in [2.75, 3.05) is 24.7 Å². The second kappa shape index (κ2) is 4.82. The molecule has 0 bridgehead atoms. The fourth-order valence-electron chi connectivity index (χ4n) is 2.25. The highest BCUT2D eigenvalue weighted by Gasteiger charge is 2.32. The third-order valence-corrected chi connectivity index (χ3v) is 3.38. The summed E-state index contributed by atoms with van der Waals surface area (Å²) < 4.78 is 18.8. The summed E-state index contributed by atoms with van der Waals surface area (Å²) in [4.78, 5) is 2.39. The van der Waals surface area contributed by atoms with Gasteiger partial charge in [0.25, 0.3) is 0 Å². The van der Waals surface area contributed by atoms with Gasteiger partial charge in [-0.1, -0.05) is 12.2 Å². The van der Waals surface area contributed by atoms with Crippen molar-refractivity contribution < 1.29 is 9.13 Å². The molecule has 18 heavy (non-hydrogen) atoms. The lowest BCUT2D eigenvalue weighted by atomic mass is 9.99. The first-order chi connectivity index (χ1) is 8.42. The second-order valence-electron chi connectivity index (χ2n) is 5.04. The molecule has 1 heterocycles. The number of rotatable bonds is 2. The molecule has 0 radical (unpaired) electrons. The van der Waals surface area contributed by atoms with Gasteiger partial charge in [0.15, 0.2) is 0 Å². The summed E-state index contributed by atoms with van der Waals surface area (Å²) >= 11 is 5.01. The Morgan fingerprint density at radius 3 is 2.83 bits per heavy atom. The molecule has 1 aliphatic heterocycles. The number of hydrogen-bond acceptors (Lipinski definition) is 3. The Morgan fingerprint density at radius 1 is 1.50 bits per heavy atom. The summed E-state index contributed by atoms with van der Waals surface area (Å²) in [5, 5.41) is 0. The molecule has 3 nitrogen and oxygen atoms in total. The lowest BCUT2D eigenvalue weighted by molar-refractivity contribution is 0.0644. The number of thiocarbonyl (C=S) groups is 1. The van der Waals surface area contributed by atoms with Gasteiger partial charge in [-0.3, -0.25) is 0 Å². The average molecular weight is 268 g/mol. The third kappa shape index (κ3) is 2.47. The summed E-state index contributed by atoms with van der Waals surface area (Å²) in [5.41, 5.74) is 6.98. The van der Waals surface area contributed by atoms with Crippen molar-refractivity contribution in [2.24, 2.45) is 5.73 Å². The molecular weight excluding hydrogens is 251 g/mol. The Morgan fingerprint density at radius 2 is 2.22 bits per heavy atom. The normalized spacial score (nSPS) is 18.7. The summed E-state index contributed by atoms with van der Waals surface area (Å²) in [6, 6.07) is 4.56. The Kier molecular flexibility index (Phi) is 3.54. The number of ether oxygens (including phenoxy) is 1. The SMILES string of the molecule is CC1(C)COCCN1c1ccc(F)cc1C(N)=S. The van der Waals surface area contributed by atoms with Crippen molar-refractivity contribution >= 4 is 22.9 Å². The van der Waals surface area contributed by atoms with E-state index in [1.165, 1.54) is 12.1 Å².